The van der Waals surface area contributed by atoms with Crippen molar-refractivity contribution >= 4 is 5.91 Å². The second-order valence-electron chi connectivity index (χ2n) is 7.10. The van der Waals surface area contributed by atoms with E-state index in [1.807, 2.05) is 0 Å². The number of carbonyl (C=O) groups excluding carboxylic acids is 1. The Morgan fingerprint density at radius 1 is 1.30 bits per heavy atom. The van der Waals surface area contributed by atoms with Crippen LogP contribution in [0.1, 0.15) is 54.5 Å². The molecule has 5 rings (SSSR count). The molecule has 1 aromatic heterocycles. The van der Waals surface area contributed by atoms with Gasteiger partial charge in [-0.3, -0.25) is 4.79 Å². The molecule has 0 radical (unpaired) electrons. The average molecular weight is 309 g/mol. The van der Waals surface area contributed by atoms with Crippen LogP contribution in [-0.4, -0.2) is 16.1 Å². The molecule has 0 aliphatic heterocycles. The minimum absolute atomic E-state index is 0.0920. The second-order valence-corrected chi connectivity index (χ2v) is 7.10. The molecule has 0 bridgehead atoms. The Hall–Kier alpha value is -2.17. The van der Waals surface area contributed by atoms with E-state index in [0.29, 0.717) is 18.4 Å². The molecule has 23 heavy (non-hydrogen) atoms. The number of aromatic nitrogens is 2. The number of benzene rings is 1. The van der Waals surface area contributed by atoms with Gasteiger partial charge in [-0.15, -0.1) is 10.2 Å². The third-order valence-electron chi connectivity index (χ3n) is 5.61. The highest BCUT2D eigenvalue weighted by molar-refractivity contribution is 5.84. The number of hydrogen-bond donors (Lipinski definition) is 1. The number of hydrogen-bond acceptors (Lipinski definition) is 4. The standard InChI is InChI=1S/C18H19N3O2/c22-16(19-10-15-20-21-17(23-15)12-5-6-12)14-9-18(14)8-7-11-3-1-2-4-13(11)18/h1-4,12,14H,5-10H2,(H,19,22)/t14-,18+/m1/s1. The van der Waals surface area contributed by atoms with E-state index in [2.05, 4.69) is 39.8 Å². The average Bonchev–Trinajstić information content (AvgIpc) is 3.46. The van der Waals surface area contributed by atoms with Crippen LogP contribution >= 0.6 is 0 Å². The molecule has 0 unspecified atom stereocenters. The number of aryl methyl sites for hydroxylation is 1. The first-order valence-corrected chi connectivity index (χ1v) is 8.45. The summed E-state index contributed by atoms with van der Waals surface area (Å²) in [5.41, 5.74) is 2.89. The van der Waals surface area contributed by atoms with Crippen LogP contribution in [0, 0.1) is 5.92 Å². The summed E-state index contributed by atoms with van der Waals surface area (Å²) in [5, 5.41) is 11.1. The van der Waals surface area contributed by atoms with Gasteiger partial charge in [0.1, 0.15) is 0 Å². The molecular weight excluding hydrogens is 290 g/mol. The van der Waals surface area contributed by atoms with Gasteiger partial charge in [-0.25, -0.2) is 0 Å². The van der Waals surface area contributed by atoms with Gasteiger partial charge in [0, 0.05) is 17.3 Å². The maximum Gasteiger partial charge on any atom is 0.235 e. The van der Waals surface area contributed by atoms with Crippen LogP contribution in [-0.2, 0) is 23.2 Å². The van der Waals surface area contributed by atoms with E-state index in [9.17, 15) is 4.79 Å². The SMILES string of the molecule is O=C(NCc1nnc(C2CC2)o1)[C@H]1C[C@]12CCc1ccccc12. The van der Waals surface area contributed by atoms with E-state index in [1.165, 1.54) is 11.1 Å². The predicted molar refractivity (Wildman–Crippen MR) is 82.7 cm³/mol. The zero-order chi connectivity index (χ0) is 15.4. The predicted octanol–water partition coefficient (Wildman–Crippen LogP) is 2.47. The van der Waals surface area contributed by atoms with Gasteiger partial charge < -0.3 is 9.73 Å². The molecule has 1 amide bonds. The van der Waals surface area contributed by atoms with Crippen molar-refractivity contribution < 1.29 is 9.21 Å². The summed E-state index contributed by atoms with van der Waals surface area (Å²) < 4.78 is 5.59. The number of amides is 1. The fourth-order valence-electron chi connectivity index (χ4n) is 4.06. The summed E-state index contributed by atoms with van der Waals surface area (Å²) in [7, 11) is 0. The highest BCUT2D eigenvalue weighted by Crippen LogP contribution is 2.61. The molecule has 5 heteroatoms. The van der Waals surface area contributed by atoms with Crippen LogP contribution in [0.2, 0.25) is 0 Å². The highest BCUT2D eigenvalue weighted by Gasteiger charge is 2.61. The lowest BCUT2D eigenvalue weighted by Crippen LogP contribution is -2.27. The van der Waals surface area contributed by atoms with E-state index in [1.54, 1.807) is 0 Å². The fourth-order valence-corrected chi connectivity index (χ4v) is 4.06. The molecule has 1 N–H and O–H groups in total. The quantitative estimate of drug-likeness (QED) is 0.942. The first-order chi connectivity index (χ1) is 11.3. The number of nitrogens with one attached hydrogen (secondary N) is 1. The van der Waals surface area contributed by atoms with Gasteiger partial charge in [-0.1, -0.05) is 24.3 Å². The summed E-state index contributed by atoms with van der Waals surface area (Å²) in [6.07, 6.45) is 5.42. The smallest absolute Gasteiger partial charge is 0.235 e. The van der Waals surface area contributed by atoms with Crippen LogP contribution in [0.25, 0.3) is 0 Å². The minimum atomic E-state index is 0.0920. The highest BCUT2D eigenvalue weighted by atomic mass is 16.4. The molecule has 1 aromatic carbocycles. The Labute approximate surface area is 134 Å². The van der Waals surface area contributed by atoms with Gasteiger partial charge in [0.25, 0.3) is 0 Å². The lowest BCUT2D eigenvalue weighted by molar-refractivity contribution is -0.123. The molecule has 2 atom stereocenters. The molecule has 0 saturated heterocycles. The number of rotatable bonds is 4. The van der Waals surface area contributed by atoms with Crippen LogP contribution in [0.15, 0.2) is 28.7 Å². The van der Waals surface area contributed by atoms with E-state index in [-0.39, 0.29) is 17.2 Å². The first-order valence-electron chi connectivity index (χ1n) is 8.45. The summed E-state index contributed by atoms with van der Waals surface area (Å²) in [5.74, 6) is 1.90. The molecule has 2 fully saturated rings. The Bertz CT molecular complexity index is 780. The van der Waals surface area contributed by atoms with Gasteiger partial charge in [0.05, 0.1) is 6.54 Å². The third-order valence-corrected chi connectivity index (χ3v) is 5.61. The lowest BCUT2D eigenvalue weighted by atomic mass is 9.95. The van der Waals surface area contributed by atoms with Crippen molar-refractivity contribution in [3.63, 3.8) is 0 Å². The molecule has 5 nitrogen and oxygen atoms in total. The molecule has 118 valence electrons. The normalized spacial score (nSPS) is 27.9. The topological polar surface area (TPSA) is 68.0 Å². The van der Waals surface area contributed by atoms with Gasteiger partial charge in [-0.2, -0.15) is 0 Å². The zero-order valence-electron chi connectivity index (χ0n) is 12.9. The molecule has 3 aliphatic rings. The summed E-state index contributed by atoms with van der Waals surface area (Å²) in [4.78, 5) is 12.5. The third kappa shape index (κ3) is 2.10. The molecular formula is C18H19N3O2. The largest absolute Gasteiger partial charge is 0.423 e. The van der Waals surface area contributed by atoms with Crippen molar-refractivity contribution in [2.75, 3.05) is 0 Å². The van der Waals surface area contributed by atoms with E-state index < -0.39 is 0 Å². The summed E-state index contributed by atoms with van der Waals surface area (Å²) in [6, 6.07) is 8.55. The Kier molecular flexibility index (Phi) is 2.69. The van der Waals surface area contributed by atoms with Crippen molar-refractivity contribution in [3.8, 4) is 0 Å². The maximum atomic E-state index is 12.5. The molecule has 2 aromatic rings. The summed E-state index contributed by atoms with van der Waals surface area (Å²) >= 11 is 0. The maximum absolute atomic E-state index is 12.5. The fraction of sp³-hybridized carbons (Fsp3) is 0.500. The summed E-state index contributed by atoms with van der Waals surface area (Å²) in [6.45, 7) is 0.340. The van der Waals surface area contributed by atoms with Crippen molar-refractivity contribution in [3.05, 3.63) is 47.2 Å². The van der Waals surface area contributed by atoms with Crippen molar-refractivity contribution in [2.24, 2.45) is 5.92 Å². The first kappa shape index (κ1) is 13.3. The van der Waals surface area contributed by atoms with Crippen LogP contribution in [0.4, 0.5) is 0 Å². The molecule has 1 heterocycles. The van der Waals surface area contributed by atoms with E-state index in [4.69, 9.17) is 4.42 Å². The molecule has 1 spiro atoms. The van der Waals surface area contributed by atoms with Crippen LogP contribution < -0.4 is 5.32 Å². The van der Waals surface area contributed by atoms with Gasteiger partial charge in [0.2, 0.25) is 17.7 Å². The van der Waals surface area contributed by atoms with Crippen molar-refractivity contribution in [1.82, 2.24) is 15.5 Å². The van der Waals surface area contributed by atoms with Crippen molar-refractivity contribution in [1.29, 1.82) is 0 Å². The lowest BCUT2D eigenvalue weighted by Gasteiger charge is -2.11. The van der Waals surface area contributed by atoms with Gasteiger partial charge in [0.15, 0.2) is 0 Å². The van der Waals surface area contributed by atoms with E-state index in [0.717, 1.165) is 38.0 Å². The second kappa shape index (κ2) is 4.66. The van der Waals surface area contributed by atoms with Crippen LogP contribution in [0.3, 0.4) is 0 Å². The number of fused-ring (bicyclic) bond motifs is 2. The van der Waals surface area contributed by atoms with E-state index >= 15 is 0 Å². The Morgan fingerprint density at radius 3 is 3.04 bits per heavy atom. The number of carbonyl (C=O) groups is 1. The monoisotopic (exact) mass is 309 g/mol. The van der Waals surface area contributed by atoms with Gasteiger partial charge in [-0.05, 0) is 43.2 Å². The Balaban J connectivity index is 1.24. The molecule has 3 aliphatic carbocycles. The Morgan fingerprint density at radius 2 is 2.17 bits per heavy atom. The zero-order valence-corrected chi connectivity index (χ0v) is 12.9. The minimum Gasteiger partial charge on any atom is -0.423 e. The number of nitrogens with zero attached hydrogens (tertiary/aromatic N) is 2. The van der Waals surface area contributed by atoms with Crippen LogP contribution in [0.5, 0.6) is 0 Å². The molecule has 2 saturated carbocycles. The van der Waals surface area contributed by atoms with Gasteiger partial charge >= 0.3 is 0 Å². The van der Waals surface area contributed by atoms with Crippen molar-refractivity contribution in [2.45, 2.75) is 50.0 Å².